The molecule has 1 aliphatic carbocycles. The largest absolute Gasteiger partial charge is 0.383 e. The molecule has 0 saturated heterocycles. The van der Waals surface area contributed by atoms with E-state index in [-0.39, 0.29) is 0 Å². The number of nitrogens with zero attached hydrogens (tertiary/aromatic N) is 3. The second-order valence-electron chi connectivity index (χ2n) is 6.13. The van der Waals surface area contributed by atoms with Gasteiger partial charge in [-0.2, -0.15) is 0 Å². The molecule has 1 aromatic heterocycles. The number of aromatic nitrogens is 2. The molecular formula is C19H25N3O. The summed E-state index contributed by atoms with van der Waals surface area (Å²) in [5.74, 6) is 1.98. The van der Waals surface area contributed by atoms with Crippen molar-refractivity contribution in [2.75, 3.05) is 25.2 Å². The van der Waals surface area contributed by atoms with Crippen LogP contribution in [0.15, 0.2) is 30.3 Å². The van der Waals surface area contributed by atoms with Gasteiger partial charge in [-0.1, -0.05) is 30.3 Å². The molecule has 0 amide bonds. The van der Waals surface area contributed by atoms with Crippen LogP contribution < -0.4 is 4.90 Å². The Morgan fingerprint density at radius 3 is 2.65 bits per heavy atom. The van der Waals surface area contributed by atoms with Crippen LogP contribution in [0.5, 0.6) is 0 Å². The van der Waals surface area contributed by atoms with Gasteiger partial charge in [0.25, 0.3) is 0 Å². The van der Waals surface area contributed by atoms with Crippen molar-refractivity contribution in [1.82, 2.24) is 9.97 Å². The van der Waals surface area contributed by atoms with Crippen LogP contribution in [-0.4, -0.2) is 30.2 Å². The van der Waals surface area contributed by atoms with Crippen molar-refractivity contribution in [3.05, 3.63) is 53.0 Å². The summed E-state index contributed by atoms with van der Waals surface area (Å²) in [7, 11) is 1.75. The predicted octanol–water partition coefficient (Wildman–Crippen LogP) is 3.32. The highest BCUT2D eigenvalue weighted by Gasteiger charge is 2.21. The van der Waals surface area contributed by atoms with Gasteiger partial charge in [-0.15, -0.1) is 0 Å². The Balaban J connectivity index is 1.94. The molecule has 3 rings (SSSR count). The number of ether oxygens (including phenoxy) is 1. The zero-order valence-corrected chi connectivity index (χ0v) is 14.1. The quantitative estimate of drug-likeness (QED) is 0.820. The fourth-order valence-corrected chi connectivity index (χ4v) is 3.22. The monoisotopic (exact) mass is 311 g/mol. The minimum absolute atomic E-state index is 0.699. The van der Waals surface area contributed by atoms with Crippen molar-refractivity contribution in [2.24, 2.45) is 0 Å². The maximum atomic E-state index is 5.32. The van der Waals surface area contributed by atoms with E-state index in [4.69, 9.17) is 9.72 Å². The van der Waals surface area contributed by atoms with E-state index < -0.39 is 0 Å². The first kappa shape index (κ1) is 15.9. The molecule has 0 atom stereocenters. The van der Waals surface area contributed by atoms with Gasteiger partial charge in [0.15, 0.2) is 0 Å². The second kappa shape index (κ2) is 7.55. The molecule has 0 N–H and O–H groups in total. The molecule has 0 saturated carbocycles. The minimum Gasteiger partial charge on any atom is -0.383 e. The van der Waals surface area contributed by atoms with Crippen LogP contribution in [0.1, 0.15) is 35.5 Å². The Labute approximate surface area is 138 Å². The number of methoxy groups -OCH3 is 1. The lowest BCUT2D eigenvalue weighted by Crippen LogP contribution is -2.30. The number of hydrogen-bond donors (Lipinski definition) is 0. The van der Waals surface area contributed by atoms with E-state index in [2.05, 4.69) is 40.2 Å². The van der Waals surface area contributed by atoms with Crippen molar-refractivity contribution in [3.63, 3.8) is 0 Å². The summed E-state index contributed by atoms with van der Waals surface area (Å²) >= 11 is 0. The first-order chi connectivity index (χ1) is 11.3. The van der Waals surface area contributed by atoms with Crippen LogP contribution in [-0.2, 0) is 24.1 Å². The highest BCUT2D eigenvalue weighted by Crippen LogP contribution is 2.28. The third-order valence-corrected chi connectivity index (χ3v) is 4.35. The van der Waals surface area contributed by atoms with E-state index in [1.165, 1.54) is 29.7 Å². The molecule has 0 fully saturated rings. The summed E-state index contributed by atoms with van der Waals surface area (Å²) in [6, 6.07) is 10.6. The Kier molecular flexibility index (Phi) is 5.23. The lowest BCUT2D eigenvalue weighted by molar-refractivity contribution is 0.204. The Morgan fingerprint density at radius 1 is 1.09 bits per heavy atom. The van der Waals surface area contributed by atoms with Gasteiger partial charge in [0, 0.05) is 31.5 Å². The molecule has 4 heteroatoms. The van der Waals surface area contributed by atoms with Gasteiger partial charge >= 0.3 is 0 Å². The number of rotatable bonds is 6. The summed E-state index contributed by atoms with van der Waals surface area (Å²) in [5.41, 5.74) is 3.88. The van der Waals surface area contributed by atoms with Gasteiger partial charge in [-0.05, 0) is 38.2 Å². The minimum atomic E-state index is 0.699. The van der Waals surface area contributed by atoms with Crippen molar-refractivity contribution in [3.8, 4) is 0 Å². The van der Waals surface area contributed by atoms with Crippen LogP contribution in [0.2, 0.25) is 0 Å². The van der Waals surface area contributed by atoms with Gasteiger partial charge in [0.05, 0.1) is 6.61 Å². The molecule has 23 heavy (non-hydrogen) atoms. The molecule has 0 aliphatic heterocycles. The van der Waals surface area contributed by atoms with Gasteiger partial charge in [-0.3, -0.25) is 0 Å². The lowest BCUT2D eigenvalue weighted by Gasteiger charge is -2.28. The van der Waals surface area contributed by atoms with Crippen molar-refractivity contribution in [2.45, 2.75) is 39.2 Å². The SMILES string of the molecule is COCCN(Cc1ccccc1)c1nc(C)nc2c1CCCC2. The maximum Gasteiger partial charge on any atom is 0.136 e. The molecule has 0 radical (unpaired) electrons. The van der Waals surface area contributed by atoms with Gasteiger partial charge < -0.3 is 9.64 Å². The maximum absolute atomic E-state index is 5.32. The summed E-state index contributed by atoms with van der Waals surface area (Å²) in [6.07, 6.45) is 4.63. The second-order valence-corrected chi connectivity index (χ2v) is 6.13. The molecule has 4 nitrogen and oxygen atoms in total. The highest BCUT2D eigenvalue weighted by atomic mass is 16.5. The third kappa shape index (κ3) is 3.88. The molecular weight excluding hydrogens is 286 g/mol. The fourth-order valence-electron chi connectivity index (χ4n) is 3.22. The Hall–Kier alpha value is -1.94. The number of aryl methyl sites for hydroxylation is 2. The molecule has 0 unspecified atom stereocenters. The molecule has 0 spiro atoms. The highest BCUT2D eigenvalue weighted by molar-refractivity contribution is 5.51. The van der Waals surface area contributed by atoms with E-state index in [9.17, 15) is 0 Å². The van der Waals surface area contributed by atoms with E-state index in [1.807, 2.05) is 6.92 Å². The van der Waals surface area contributed by atoms with Gasteiger partial charge in [-0.25, -0.2) is 9.97 Å². The van der Waals surface area contributed by atoms with Crippen LogP contribution in [0.3, 0.4) is 0 Å². The summed E-state index contributed by atoms with van der Waals surface area (Å²) in [6.45, 7) is 4.39. The van der Waals surface area contributed by atoms with E-state index in [0.29, 0.717) is 6.61 Å². The lowest BCUT2D eigenvalue weighted by atomic mass is 9.96. The van der Waals surface area contributed by atoms with Crippen molar-refractivity contribution >= 4 is 5.82 Å². The average Bonchev–Trinajstić information content (AvgIpc) is 2.58. The number of benzene rings is 1. The predicted molar refractivity (Wildman–Crippen MR) is 92.8 cm³/mol. The molecule has 2 aromatic rings. The van der Waals surface area contributed by atoms with Crippen LogP contribution in [0.4, 0.5) is 5.82 Å². The molecule has 1 aliphatic rings. The van der Waals surface area contributed by atoms with Crippen molar-refractivity contribution < 1.29 is 4.74 Å². The van der Waals surface area contributed by atoms with Crippen molar-refractivity contribution in [1.29, 1.82) is 0 Å². The van der Waals surface area contributed by atoms with Crippen LogP contribution >= 0.6 is 0 Å². The molecule has 1 heterocycles. The molecule has 122 valence electrons. The van der Waals surface area contributed by atoms with Crippen LogP contribution in [0, 0.1) is 6.92 Å². The van der Waals surface area contributed by atoms with E-state index >= 15 is 0 Å². The topological polar surface area (TPSA) is 38.2 Å². The molecule has 1 aromatic carbocycles. The zero-order chi connectivity index (χ0) is 16.1. The zero-order valence-electron chi connectivity index (χ0n) is 14.1. The first-order valence-corrected chi connectivity index (χ1v) is 8.42. The van der Waals surface area contributed by atoms with E-state index in [0.717, 1.165) is 37.6 Å². The fraction of sp³-hybridized carbons (Fsp3) is 0.474. The van der Waals surface area contributed by atoms with E-state index in [1.54, 1.807) is 7.11 Å². The number of hydrogen-bond acceptors (Lipinski definition) is 4. The third-order valence-electron chi connectivity index (χ3n) is 4.35. The smallest absolute Gasteiger partial charge is 0.136 e. The Bertz CT molecular complexity index is 643. The van der Waals surface area contributed by atoms with Crippen LogP contribution in [0.25, 0.3) is 0 Å². The summed E-state index contributed by atoms with van der Waals surface area (Å²) in [4.78, 5) is 11.8. The summed E-state index contributed by atoms with van der Waals surface area (Å²) in [5, 5.41) is 0. The normalized spacial score (nSPS) is 13.7. The van der Waals surface area contributed by atoms with Gasteiger partial charge in [0.1, 0.15) is 11.6 Å². The molecule has 0 bridgehead atoms. The number of anilines is 1. The average molecular weight is 311 g/mol. The standard InChI is InChI=1S/C19H25N3O/c1-15-20-18-11-7-6-10-17(18)19(21-15)22(12-13-23-2)14-16-8-4-3-5-9-16/h3-5,8-9H,6-7,10-14H2,1-2H3. The summed E-state index contributed by atoms with van der Waals surface area (Å²) < 4.78 is 5.32. The Morgan fingerprint density at radius 2 is 1.87 bits per heavy atom. The van der Waals surface area contributed by atoms with Gasteiger partial charge in [0.2, 0.25) is 0 Å². The first-order valence-electron chi connectivity index (χ1n) is 8.42. The number of fused-ring (bicyclic) bond motifs is 1.